The number of hydrogen-bond donors (Lipinski definition) is 4. The Labute approximate surface area is 165 Å². The number of phenolic OH excluding ortho intramolecular Hbond substituents is 1. The van der Waals surface area contributed by atoms with Crippen molar-refractivity contribution >= 4 is 17.7 Å². The second-order valence-electron chi connectivity index (χ2n) is 6.05. The number of aromatic hydroxyl groups is 1. The zero-order valence-electron chi connectivity index (χ0n) is 15.3. The maximum Gasteiger partial charge on any atom is 0.412 e. The lowest BCUT2D eigenvalue weighted by atomic mass is 9.96. The summed E-state index contributed by atoms with van der Waals surface area (Å²) in [5.41, 5.74) is 2.48. The van der Waals surface area contributed by atoms with E-state index in [1.807, 2.05) is 6.07 Å². The van der Waals surface area contributed by atoms with Crippen LogP contribution in [0.25, 0.3) is 0 Å². The third-order valence-electron chi connectivity index (χ3n) is 3.93. The number of benzene rings is 2. The number of nitrogens with zero attached hydrogens (tertiary/aromatic N) is 1. The third-order valence-corrected chi connectivity index (χ3v) is 3.93. The van der Waals surface area contributed by atoms with Crippen LogP contribution in [0.2, 0.25) is 0 Å². The van der Waals surface area contributed by atoms with E-state index in [0.717, 1.165) is 18.2 Å². The van der Waals surface area contributed by atoms with Crippen LogP contribution < -0.4 is 10.8 Å². The van der Waals surface area contributed by atoms with Gasteiger partial charge in [-0.25, -0.2) is 14.7 Å². The lowest BCUT2D eigenvalue weighted by molar-refractivity contribution is -0.124. The van der Waals surface area contributed by atoms with Crippen LogP contribution in [0.4, 0.5) is 14.9 Å². The van der Waals surface area contributed by atoms with Gasteiger partial charge in [0.25, 0.3) is 5.91 Å². The van der Waals surface area contributed by atoms with Gasteiger partial charge in [0.1, 0.15) is 6.10 Å². The average molecular weight is 399 g/mol. The zero-order valence-corrected chi connectivity index (χ0v) is 15.3. The first-order chi connectivity index (χ1) is 13.8. The second-order valence-corrected chi connectivity index (χ2v) is 6.05. The van der Waals surface area contributed by atoms with Gasteiger partial charge in [-0.05, 0) is 42.0 Å². The molecule has 4 N–H and O–H groups in total. The Morgan fingerprint density at radius 1 is 1.24 bits per heavy atom. The van der Waals surface area contributed by atoms with Gasteiger partial charge < -0.3 is 9.84 Å². The molecule has 0 radical (unpaired) electrons. The molecule has 0 aliphatic rings. The number of halogens is 1. The van der Waals surface area contributed by atoms with E-state index in [-0.39, 0.29) is 5.56 Å². The molecular weight excluding hydrogens is 381 g/mol. The number of ether oxygens (including phenoxy) is 1. The Hall–Kier alpha value is -3.90. The molecule has 8 nitrogen and oxygen atoms in total. The number of hydrogen-bond acceptors (Lipinski definition) is 6. The highest BCUT2D eigenvalue weighted by Crippen LogP contribution is 2.30. The molecule has 0 spiro atoms. The van der Waals surface area contributed by atoms with Gasteiger partial charge in [-0.2, -0.15) is 5.26 Å². The fourth-order valence-corrected chi connectivity index (χ4v) is 2.45. The monoisotopic (exact) mass is 399 g/mol. The molecule has 29 heavy (non-hydrogen) atoms. The fraction of sp³-hybridized carbons (Fsp3) is 0.150. The van der Waals surface area contributed by atoms with E-state index in [2.05, 4.69) is 5.32 Å². The zero-order chi connectivity index (χ0) is 21.4. The normalized spacial score (nSPS) is 12.6. The Kier molecular flexibility index (Phi) is 7.28. The van der Waals surface area contributed by atoms with E-state index in [0.29, 0.717) is 11.3 Å². The highest BCUT2D eigenvalue weighted by molar-refractivity contribution is 5.86. The topological polar surface area (TPSA) is 132 Å². The van der Waals surface area contributed by atoms with E-state index in [4.69, 9.17) is 15.2 Å². The highest BCUT2D eigenvalue weighted by Gasteiger charge is 2.23. The summed E-state index contributed by atoms with van der Waals surface area (Å²) in [6.45, 7) is 1.62. The van der Waals surface area contributed by atoms with Crippen molar-refractivity contribution in [1.82, 2.24) is 5.48 Å². The molecule has 2 amide bonds. The van der Waals surface area contributed by atoms with E-state index in [9.17, 15) is 19.1 Å². The summed E-state index contributed by atoms with van der Waals surface area (Å²) < 4.78 is 19.2. The van der Waals surface area contributed by atoms with Crippen molar-refractivity contribution in [1.29, 1.82) is 5.26 Å². The molecule has 2 aromatic carbocycles. The molecular formula is C20H18FN3O5. The SMILES string of the molecule is C[C@@H](/C=C/C(=O)NO)[C@H](OC(=O)Nc1ccc(C#N)cc1)c1ccc(O)c(F)c1. The largest absolute Gasteiger partial charge is 0.505 e. The maximum absolute atomic E-state index is 13.8. The van der Waals surface area contributed by atoms with Crippen LogP contribution >= 0.6 is 0 Å². The van der Waals surface area contributed by atoms with Crippen molar-refractivity contribution in [2.24, 2.45) is 5.92 Å². The van der Waals surface area contributed by atoms with E-state index in [1.54, 1.807) is 6.92 Å². The summed E-state index contributed by atoms with van der Waals surface area (Å²) in [6.07, 6.45) is 0.554. The van der Waals surface area contributed by atoms with E-state index < -0.39 is 35.6 Å². The average Bonchev–Trinajstić information content (AvgIpc) is 2.72. The van der Waals surface area contributed by atoms with Crippen molar-refractivity contribution in [3.63, 3.8) is 0 Å². The Bertz CT molecular complexity index is 954. The second kappa shape index (κ2) is 9.87. The molecule has 0 aromatic heterocycles. The number of rotatable bonds is 6. The first-order valence-electron chi connectivity index (χ1n) is 8.42. The van der Waals surface area contributed by atoms with E-state index in [1.165, 1.54) is 41.9 Å². The summed E-state index contributed by atoms with van der Waals surface area (Å²) in [4.78, 5) is 23.5. The Balaban J connectivity index is 2.22. The van der Waals surface area contributed by atoms with Crippen LogP contribution in [0.3, 0.4) is 0 Å². The summed E-state index contributed by atoms with van der Waals surface area (Å²) in [5, 5.41) is 29.3. The molecule has 0 saturated carbocycles. The predicted molar refractivity (Wildman–Crippen MR) is 100 cm³/mol. The van der Waals surface area contributed by atoms with Gasteiger partial charge in [0.15, 0.2) is 11.6 Å². The molecule has 0 saturated heterocycles. The molecule has 2 aromatic rings. The van der Waals surface area contributed by atoms with Gasteiger partial charge >= 0.3 is 6.09 Å². The molecule has 0 fully saturated rings. The van der Waals surface area contributed by atoms with Crippen molar-refractivity contribution in [3.8, 4) is 11.8 Å². The molecule has 0 aliphatic carbocycles. The Morgan fingerprint density at radius 2 is 1.93 bits per heavy atom. The minimum Gasteiger partial charge on any atom is -0.505 e. The van der Waals surface area contributed by atoms with E-state index >= 15 is 0 Å². The number of carbonyl (C=O) groups is 2. The fourth-order valence-electron chi connectivity index (χ4n) is 2.45. The maximum atomic E-state index is 13.8. The first-order valence-corrected chi connectivity index (χ1v) is 8.42. The number of carbonyl (C=O) groups excluding carboxylic acids is 2. The van der Waals surface area contributed by atoms with Gasteiger partial charge in [-0.15, -0.1) is 0 Å². The van der Waals surface area contributed by atoms with Crippen LogP contribution in [-0.2, 0) is 9.53 Å². The number of nitriles is 1. The number of amides is 2. The standard InChI is InChI=1S/C20H18FN3O5/c1-12(2-9-18(26)24-28)19(14-5-8-17(25)16(21)10-14)29-20(27)23-15-6-3-13(11-22)4-7-15/h2-10,12,19,25,28H,1H3,(H,23,27)(H,24,26)/b9-2+/t12-,19-/m0/s1. The lowest BCUT2D eigenvalue weighted by Crippen LogP contribution is -2.22. The van der Waals surface area contributed by atoms with Crippen LogP contribution in [0, 0.1) is 23.1 Å². The van der Waals surface area contributed by atoms with Crippen molar-refractivity contribution in [3.05, 3.63) is 71.6 Å². The number of nitrogens with one attached hydrogen (secondary N) is 2. The van der Waals surface area contributed by atoms with Crippen LogP contribution in [0.15, 0.2) is 54.6 Å². The number of phenols is 1. The molecule has 0 bridgehead atoms. The van der Waals surface area contributed by atoms with Crippen LogP contribution in [0.1, 0.15) is 24.2 Å². The molecule has 9 heteroatoms. The summed E-state index contributed by atoms with van der Waals surface area (Å²) in [6, 6.07) is 11.5. The van der Waals surface area contributed by atoms with Crippen LogP contribution in [0.5, 0.6) is 5.75 Å². The van der Waals surface area contributed by atoms with Gasteiger partial charge in [-0.1, -0.05) is 19.1 Å². The summed E-state index contributed by atoms with van der Waals surface area (Å²) >= 11 is 0. The smallest absolute Gasteiger partial charge is 0.412 e. The number of anilines is 1. The molecule has 0 heterocycles. The number of hydroxylamine groups is 1. The van der Waals surface area contributed by atoms with Crippen molar-refractivity contribution in [2.75, 3.05) is 5.32 Å². The molecule has 2 rings (SSSR count). The third kappa shape index (κ3) is 6.05. The minimum atomic E-state index is -1.01. The molecule has 0 aliphatic heterocycles. The van der Waals surface area contributed by atoms with Gasteiger partial charge in [0.2, 0.25) is 0 Å². The van der Waals surface area contributed by atoms with Gasteiger partial charge in [-0.3, -0.25) is 15.3 Å². The minimum absolute atomic E-state index is 0.247. The quantitative estimate of drug-likeness (QED) is 0.334. The molecule has 0 unspecified atom stereocenters. The Morgan fingerprint density at radius 3 is 2.52 bits per heavy atom. The summed E-state index contributed by atoms with van der Waals surface area (Å²) in [7, 11) is 0. The predicted octanol–water partition coefficient (Wildman–Crippen LogP) is 3.39. The highest BCUT2D eigenvalue weighted by atomic mass is 19.1. The first kappa shape index (κ1) is 21.4. The molecule has 2 atom stereocenters. The van der Waals surface area contributed by atoms with Crippen molar-refractivity contribution < 1.29 is 29.0 Å². The van der Waals surface area contributed by atoms with Gasteiger partial charge in [0, 0.05) is 17.7 Å². The summed E-state index contributed by atoms with van der Waals surface area (Å²) in [5.74, 6) is -2.83. The van der Waals surface area contributed by atoms with Crippen LogP contribution in [-0.4, -0.2) is 22.3 Å². The van der Waals surface area contributed by atoms with Crippen molar-refractivity contribution in [2.45, 2.75) is 13.0 Å². The van der Waals surface area contributed by atoms with Gasteiger partial charge in [0.05, 0.1) is 11.6 Å². The lowest BCUT2D eigenvalue weighted by Gasteiger charge is -2.23. The molecule has 150 valence electrons.